The Morgan fingerprint density at radius 3 is 2.38 bits per heavy atom. The summed E-state index contributed by atoms with van der Waals surface area (Å²) in [7, 11) is 0. The second-order valence-corrected chi connectivity index (χ2v) is 5.39. The van der Waals surface area contributed by atoms with Gasteiger partial charge in [-0.05, 0) is 31.2 Å². The second kappa shape index (κ2) is 7.38. The fourth-order valence-electron chi connectivity index (χ4n) is 2.14. The SMILES string of the molecule is Cc1cc(C(F)(F)F)nc(CCNC(=O)c2cc(O)cc(C(=O)O)c2)n1. The molecular weight excluding hydrogens is 355 g/mol. The van der Waals surface area contributed by atoms with Crippen molar-refractivity contribution in [2.75, 3.05) is 6.54 Å². The Morgan fingerprint density at radius 1 is 1.12 bits per heavy atom. The Balaban J connectivity index is 2.05. The van der Waals surface area contributed by atoms with Gasteiger partial charge in [-0.2, -0.15) is 13.2 Å². The van der Waals surface area contributed by atoms with E-state index in [1.807, 2.05) is 0 Å². The van der Waals surface area contributed by atoms with Gasteiger partial charge in [-0.3, -0.25) is 4.79 Å². The van der Waals surface area contributed by atoms with E-state index in [4.69, 9.17) is 5.11 Å². The van der Waals surface area contributed by atoms with Crippen molar-refractivity contribution >= 4 is 11.9 Å². The first kappa shape index (κ1) is 19.2. The van der Waals surface area contributed by atoms with Crippen LogP contribution in [0, 0.1) is 6.92 Å². The number of rotatable bonds is 5. The number of aromatic hydroxyl groups is 1. The van der Waals surface area contributed by atoms with Gasteiger partial charge in [-0.1, -0.05) is 0 Å². The van der Waals surface area contributed by atoms with Crippen molar-refractivity contribution in [2.24, 2.45) is 0 Å². The van der Waals surface area contributed by atoms with Gasteiger partial charge in [-0.25, -0.2) is 14.8 Å². The van der Waals surface area contributed by atoms with Crippen LogP contribution in [0.3, 0.4) is 0 Å². The normalized spacial score (nSPS) is 11.2. The first-order chi connectivity index (χ1) is 12.1. The smallest absolute Gasteiger partial charge is 0.433 e. The summed E-state index contributed by atoms with van der Waals surface area (Å²) in [5.41, 5.74) is -1.28. The van der Waals surface area contributed by atoms with Gasteiger partial charge in [0.25, 0.3) is 5.91 Å². The molecule has 0 atom stereocenters. The molecule has 26 heavy (non-hydrogen) atoms. The zero-order valence-electron chi connectivity index (χ0n) is 13.5. The Morgan fingerprint density at radius 2 is 1.77 bits per heavy atom. The number of amides is 1. The summed E-state index contributed by atoms with van der Waals surface area (Å²) in [4.78, 5) is 30.2. The molecule has 0 aliphatic heterocycles. The maximum absolute atomic E-state index is 12.7. The van der Waals surface area contributed by atoms with Crippen LogP contribution in [0.4, 0.5) is 13.2 Å². The number of carbonyl (C=O) groups excluding carboxylic acids is 1. The molecule has 3 N–H and O–H groups in total. The van der Waals surface area contributed by atoms with E-state index in [2.05, 4.69) is 15.3 Å². The van der Waals surface area contributed by atoms with E-state index in [-0.39, 0.29) is 35.6 Å². The molecule has 1 heterocycles. The number of aromatic carboxylic acids is 1. The van der Waals surface area contributed by atoms with E-state index in [1.165, 1.54) is 6.92 Å². The first-order valence-electron chi connectivity index (χ1n) is 7.33. The third-order valence-electron chi connectivity index (χ3n) is 3.25. The van der Waals surface area contributed by atoms with Crippen LogP contribution in [0.25, 0.3) is 0 Å². The fraction of sp³-hybridized carbons (Fsp3) is 0.250. The predicted octanol–water partition coefficient (Wildman–Crippen LogP) is 2.18. The van der Waals surface area contributed by atoms with Gasteiger partial charge in [0, 0.05) is 24.2 Å². The van der Waals surface area contributed by atoms with Crippen LogP contribution in [0.1, 0.15) is 37.9 Å². The number of phenolic OH excluding ortho intramolecular Hbond substituents is 1. The highest BCUT2D eigenvalue weighted by molar-refractivity contribution is 5.98. The van der Waals surface area contributed by atoms with E-state index in [9.17, 15) is 27.9 Å². The molecule has 2 rings (SSSR count). The number of aromatic nitrogens is 2. The molecule has 0 aliphatic rings. The minimum atomic E-state index is -4.60. The van der Waals surface area contributed by atoms with Crippen LogP contribution in [-0.4, -0.2) is 38.6 Å². The minimum Gasteiger partial charge on any atom is -0.508 e. The average Bonchev–Trinajstić information content (AvgIpc) is 2.52. The van der Waals surface area contributed by atoms with Gasteiger partial charge >= 0.3 is 12.1 Å². The van der Waals surface area contributed by atoms with Crippen molar-refractivity contribution < 1.29 is 33.0 Å². The summed E-state index contributed by atoms with van der Waals surface area (Å²) >= 11 is 0. The third kappa shape index (κ3) is 4.91. The van der Waals surface area contributed by atoms with Crippen LogP contribution >= 0.6 is 0 Å². The number of alkyl halides is 3. The van der Waals surface area contributed by atoms with Crippen molar-refractivity contribution in [3.8, 4) is 5.75 Å². The van der Waals surface area contributed by atoms with E-state index in [0.29, 0.717) is 0 Å². The molecule has 138 valence electrons. The number of nitrogens with one attached hydrogen (secondary N) is 1. The number of halogens is 3. The Kier molecular flexibility index (Phi) is 5.44. The number of phenols is 1. The summed E-state index contributed by atoms with van der Waals surface area (Å²) in [6.45, 7) is 1.33. The van der Waals surface area contributed by atoms with E-state index >= 15 is 0 Å². The molecule has 0 bridgehead atoms. The van der Waals surface area contributed by atoms with Crippen molar-refractivity contribution in [1.82, 2.24) is 15.3 Å². The monoisotopic (exact) mass is 369 g/mol. The number of carboxylic acid groups (broad SMARTS) is 1. The van der Waals surface area contributed by atoms with Crippen molar-refractivity contribution in [2.45, 2.75) is 19.5 Å². The molecule has 0 radical (unpaired) electrons. The topological polar surface area (TPSA) is 112 Å². The molecule has 0 aliphatic carbocycles. The van der Waals surface area contributed by atoms with Gasteiger partial charge < -0.3 is 15.5 Å². The van der Waals surface area contributed by atoms with Gasteiger partial charge in [0.05, 0.1) is 5.56 Å². The Labute approximate surface area is 145 Å². The molecule has 0 spiro atoms. The average molecular weight is 369 g/mol. The standard InChI is InChI=1S/C16H14F3N3O4/c1-8-4-12(16(17,18)19)22-13(21-8)2-3-20-14(24)9-5-10(15(25)26)7-11(23)6-9/h4-7,23H,2-3H2,1H3,(H,20,24)(H,25,26). The lowest BCUT2D eigenvalue weighted by molar-refractivity contribution is -0.141. The van der Waals surface area contributed by atoms with E-state index < -0.39 is 29.5 Å². The maximum Gasteiger partial charge on any atom is 0.433 e. The Hall–Kier alpha value is -3.17. The summed E-state index contributed by atoms with van der Waals surface area (Å²) in [6.07, 6.45) is -4.65. The number of carbonyl (C=O) groups is 2. The summed E-state index contributed by atoms with van der Waals surface area (Å²) < 4.78 is 38.2. The summed E-state index contributed by atoms with van der Waals surface area (Å²) in [5.74, 6) is -2.48. The molecule has 0 fully saturated rings. The van der Waals surface area contributed by atoms with Gasteiger partial charge in [0.2, 0.25) is 0 Å². The molecule has 2 aromatic rings. The molecular formula is C16H14F3N3O4. The molecule has 0 saturated heterocycles. The fourth-order valence-corrected chi connectivity index (χ4v) is 2.14. The Bertz CT molecular complexity index is 853. The number of hydrogen-bond donors (Lipinski definition) is 3. The van der Waals surface area contributed by atoms with Crippen molar-refractivity contribution in [1.29, 1.82) is 0 Å². The first-order valence-corrected chi connectivity index (χ1v) is 7.33. The van der Waals surface area contributed by atoms with Crippen molar-refractivity contribution in [3.05, 3.63) is 52.6 Å². The zero-order chi connectivity index (χ0) is 19.5. The molecule has 10 heteroatoms. The van der Waals surface area contributed by atoms with Crippen LogP contribution in [0.2, 0.25) is 0 Å². The summed E-state index contributed by atoms with van der Waals surface area (Å²) in [6, 6.07) is 3.95. The number of benzene rings is 1. The lowest BCUT2D eigenvalue weighted by Gasteiger charge is -2.10. The van der Waals surface area contributed by atoms with Crippen LogP contribution in [0.5, 0.6) is 5.75 Å². The number of carboxylic acids is 1. The van der Waals surface area contributed by atoms with E-state index in [1.54, 1.807) is 0 Å². The van der Waals surface area contributed by atoms with Gasteiger partial charge in [0.15, 0.2) is 0 Å². The number of aryl methyl sites for hydroxylation is 1. The highest BCUT2D eigenvalue weighted by atomic mass is 19.4. The highest BCUT2D eigenvalue weighted by Crippen LogP contribution is 2.27. The largest absolute Gasteiger partial charge is 0.508 e. The number of hydrogen-bond acceptors (Lipinski definition) is 5. The maximum atomic E-state index is 12.7. The summed E-state index contributed by atoms with van der Waals surface area (Å²) in [5, 5.41) is 20.8. The lowest BCUT2D eigenvalue weighted by atomic mass is 10.1. The molecule has 1 aromatic heterocycles. The third-order valence-corrected chi connectivity index (χ3v) is 3.25. The molecule has 1 aromatic carbocycles. The second-order valence-electron chi connectivity index (χ2n) is 5.39. The van der Waals surface area contributed by atoms with Crippen LogP contribution in [-0.2, 0) is 12.6 Å². The van der Waals surface area contributed by atoms with E-state index in [0.717, 1.165) is 24.3 Å². The minimum absolute atomic E-state index is 0.0545. The quantitative estimate of drug-likeness (QED) is 0.745. The number of nitrogens with zero attached hydrogens (tertiary/aromatic N) is 2. The molecule has 7 nitrogen and oxygen atoms in total. The van der Waals surface area contributed by atoms with Gasteiger partial charge in [0.1, 0.15) is 17.3 Å². The molecule has 0 unspecified atom stereocenters. The molecule has 0 saturated carbocycles. The van der Waals surface area contributed by atoms with Gasteiger partial charge in [-0.15, -0.1) is 0 Å². The predicted molar refractivity (Wildman–Crippen MR) is 82.9 cm³/mol. The zero-order valence-corrected chi connectivity index (χ0v) is 13.5. The highest BCUT2D eigenvalue weighted by Gasteiger charge is 2.33. The van der Waals surface area contributed by atoms with Crippen LogP contribution in [0.15, 0.2) is 24.3 Å². The lowest BCUT2D eigenvalue weighted by Crippen LogP contribution is -2.26. The van der Waals surface area contributed by atoms with Crippen LogP contribution < -0.4 is 5.32 Å². The molecule has 1 amide bonds. The van der Waals surface area contributed by atoms with Crippen molar-refractivity contribution in [3.63, 3.8) is 0 Å².